The molecule has 6 N–H and O–H groups in total. The highest BCUT2D eigenvalue weighted by molar-refractivity contribution is 7.45. The molecule has 0 aromatic heterocycles. The van der Waals surface area contributed by atoms with Gasteiger partial charge in [0, 0.05) is 5.02 Å². The van der Waals surface area contributed by atoms with Gasteiger partial charge in [0.2, 0.25) is 0 Å². The number of halogens is 3. The van der Waals surface area contributed by atoms with E-state index in [-0.39, 0.29) is 0 Å². The number of nitrogens with two attached hydrogens (primary N) is 1. The van der Waals surface area contributed by atoms with E-state index >= 15 is 0 Å². The predicted octanol–water partition coefficient (Wildman–Crippen LogP) is 2.00. The van der Waals surface area contributed by atoms with E-state index in [1.807, 2.05) is 0 Å². The smallest absolute Gasteiger partial charge is 0.323 e. The maximum Gasteiger partial charge on any atom is 0.466 e. The van der Waals surface area contributed by atoms with Gasteiger partial charge in [-0.15, -0.1) is 0 Å². The SMILES string of the molecule is NNc1cc(Cl)cc(Cl)c1Cl.O=P(O)(O)O. The van der Waals surface area contributed by atoms with Crippen molar-refractivity contribution >= 4 is 48.3 Å². The number of hydrogen-bond donors (Lipinski definition) is 5. The van der Waals surface area contributed by atoms with E-state index in [0.29, 0.717) is 20.8 Å². The van der Waals surface area contributed by atoms with Gasteiger partial charge in [0.05, 0.1) is 15.7 Å². The minimum absolute atomic E-state index is 0.374. The second-order valence-electron chi connectivity index (χ2n) is 2.41. The first-order chi connectivity index (χ1) is 7.15. The molecule has 10 heteroatoms. The summed E-state index contributed by atoms with van der Waals surface area (Å²) in [6, 6.07) is 3.14. The third-order valence-corrected chi connectivity index (χ3v) is 2.17. The fourth-order valence-corrected chi connectivity index (χ4v) is 1.32. The fourth-order valence-electron chi connectivity index (χ4n) is 0.661. The lowest BCUT2D eigenvalue weighted by atomic mass is 10.3. The molecule has 0 spiro atoms. The van der Waals surface area contributed by atoms with Gasteiger partial charge >= 0.3 is 7.82 Å². The van der Waals surface area contributed by atoms with Gasteiger partial charge in [0.1, 0.15) is 0 Å². The summed E-state index contributed by atoms with van der Waals surface area (Å²) >= 11 is 17.1. The standard InChI is InChI=1S/C6H5Cl3N2.H3O4P/c7-3-1-4(8)6(9)5(2-3)11-10;1-5(2,3)4/h1-2,11H,10H2;(H3,1,2,3,4). The third-order valence-electron chi connectivity index (χ3n) is 1.15. The Morgan fingerprint density at radius 3 is 2.00 bits per heavy atom. The number of nitrogens with one attached hydrogen (secondary N) is 1. The van der Waals surface area contributed by atoms with Gasteiger partial charge in [-0.3, -0.25) is 5.84 Å². The Hall–Kier alpha value is -0.0400. The van der Waals surface area contributed by atoms with E-state index < -0.39 is 7.82 Å². The Morgan fingerprint density at radius 1 is 1.19 bits per heavy atom. The molecular weight excluding hydrogens is 301 g/mol. The van der Waals surface area contributed by atoms with Gasteiger partial charge in [-0.25, -0.2) is 4.57 Å². The van der Waals surface area contributed by atoms with Crippen LogP contribution in [0, 0.1) is 0 Å². The highest BCUT2D eigenvalue weighted by atomic mass is 35.5. The molecule has 92 valence electrons. The maximum atomic E-state index is 8.88. The number of benzene rings is 1. The van der Waals surface area contributed by atoms with Crippen LogP contribution in [-0.2, 0) is 4.57 Å². The summed E-state index contributed by atoms with van der Waals surface area (Å²) in [6.07, 6.45) is 0. The predicted molar refractivity (Wildman–Crippen MR) is 63.5 cm³/mol. The molecule has 0 bridgehead atoms. The Balaban J connectivity index is 0.000000385. The maximum absolute atomic E-state index is 8.88. The first-order valence-corrected chi connectivity index (χ1v) is 6.24. The van der Waals surface area contributed by atoms with Gasteiger partial charge in [0.25, 0.3) is 0 Å². The molecule has 0 fully saturated rings. The molecule has 1 rings (SSSR count). The van der Waals surface area contributed by atoms with Crippen LogP contribution >= 0.6 is 42.6 Å². The highest BCUT2D eigenvalue weighted by Gasteiger charge is 2.04. The minimum Gasteiger partial charge on any atom is -0.323 e. The van der Waals surface area contributed by atoms with Crippen molar-refractivity contribution in [1.29, 1.82) is 0 Å². The quantitative estimate of drug-likeness (QED) is 0.234. The molecule has 0 atom stereocenters. The van der Waals surface area contributed by atoms with Crippen LogP contribution in [0.4, 0.5) is 5.69 Å². The summed E-state index contributed by atoms with van der Waals surface area (Å²) < 4.78 is 8.88. The van der Waals surface area contributed by atoms with E-state index in [1.165, 1.54) is 0 Å². The van der Waals surface area contributed by atoms with Crippen LogP contribution in [0.5, 0.6) is 0 Å². The summed E-state index contributed by atoms with van der Waals surface area (Å²) in [5.74, 6) is 5.14. The van der Waals surface area contributed by atoms with E-state index in [9.17, 15) is 0 Å². The molecule has 0 saturated carbocycles. The van der Waals surface area contributed by atoms with Crippen molar-refractivity contribution in [3.63, 3.8) is 0 Å². The first-order valence-electron chi connectivity index (χ1n) is 3.54. The molecule has 0 heterocycles. The van der Waals surface area contributed by atoms with E-state index in [0.717, 1.165) is 0 Å². The van der Waals surface area contributed by atoms with Gasteiger partial charge < -0.3 is 20.1 Å². The first kappa shape index (κ1) is 16.0. The zero-order valence-corrected chi connectivity index (χ0v) is 10.7. The monoisotopic (exact) mass is 308 g/mol. The van der Waals surface area contributed by atoms with Crippen LogP contribution < -0.4 is 11.3 Å². The molecule has 6 nitrogen and oxygen atoms in total. The van der Waals surface area contributed by atoms with Crippen molar-refractivity contribution in [3.05, 3.63) is 27.2 Å². The van der Waals surface area contributed by atoms with Crippen LogP contribution in [0.2, 0.25) is 15.1 Å². The average Bonchev–Trinajstić information content (AvgIpc) is 2.08. The molecule has 0 saturated heterocycles. The molecule has 0 amide bonds. The summed E-state index contributed by atoms with van der Waals surface area (Å²) in [4.78, 5) is 21.6. The fraction of sp³-hybridized carbons (Fsp3) is 0. The lowest BCUT2D eigenvalue weighted by Gasteiger charge is -2.04. The molecule has 0 aliphatic rings. The summed E-state index contributed by atoms with van der Waals surface area (Å²) in [5.41, 5.74) is 2.89. The Morgan fingerprint density at radius 2 is 1.62 bits per heavy atom. The summed E-state index contributed by atoms with van der Waals surface area (Å²) in [7, 11) is -4.64. The van der Waals surface area contributed by atoms with E-state index in [1.54, 1.807) is 12.1 Å². The van der Waals surface area contributed by atoms with E-state index in [2.05, 4.69) is 5.43 Å². The normalized spacial score (nSPS) is 10.4. The van der Waals surface area contributed by atoms with Crippen molar-refractivity contribution in [2.75, 3.05) is 5.43 Å². The van der Waals surface area contributed by atoms with Crippen LogP contribution in [0.3, 0.4) is 0 Å². The number of rotatable bonds is 1. The van der Waals surface area contributed by atoms with Gasteiger partial charge in [-0.05, 0) is 12.1 Å². The summed E-state index contributed by atoms with van der Waals surface area (Å²) in [6.45, 7) is 0. The Kier molecular flexibility index (Phi) is 6.62. The van der Waals surface area contributed by atoms with Gasteiger partial charge in [0.15, 0.2) is 0 Å². The molecule has 0 aliphatic carbocycles. The van der Waals surface area contributed by atoms with E-state index in [4.69, 9.17) is 59.9 Å². The van der Waals surface area contributed by atoms with Crippen LogP contribution in [0.1, 0.15) is 0 Å². The third kappa shape index (κ3) is 7.27. The molecule has 0 radical (unpaired) electrons. The summed E-state index contributed by atoms with van der Waals surface area (Å²) in [5, 5.41) is 1.25. The van der Waals surface area contributed by atoms with Crippen molar-refractivity contribution < 1.29 is 19.2 Å². The van der Waals surface area contributed by atoms with Crippen LogP contribution in [0.25, 0.3) is 0 Å². The molecule has 0 unspecified atom stereocenters. The van der Waals surface area contributed by atoms with Crippen molar-refractivity contribution in [3.8, 4) is 0 Å². The lowest BCUT2D eigenvalue weighted by molar-refractivity contribution is 0.275. The average molecular weight is 309 g/mol. The number of anilines is 1. The topological polar surface area (TPSA) is 116 Å². The largest absolute Gasteiger partial charge is 0.466 e. The zero-order chi connectivity index (χ0) is 12.9. The second kappa shape index (κ2) is 6.64. The number of phosphoric acid groups is 1. The second-order valence-corrected chi connectivity index (χ2v) is 4.65. The van der Waals surface area contributed by atoms with Crippen LogP contribution in [0.15, 0.2) is 12.1 Å². The number of hydrogen-bond acceptors (Lipinski definition) is 3. The molecule has 16 heavy (non-hydrogen) atoms. The minimum atomic E-state index is -4.64. The Labute approximate surface area is 106 Å². The highest BCUT2D eigenvalue weighted by Crippen LogP contribution is 2.32. The molecule has 0 aliphatic heterocycles. The van der Waals surface area contributed by atoms with Crippen LogP contribution in [-0.4, -0.2) is 14.7 Å². The van der Waals surface area contributed by atoms with Crippen molar-refractivity contribution in [2.45, 2.75) is 0 Å². The number of nitrogen functional groups attached to an aromatic ring is 1. The lowest BCUT2D eigenvalue weighted by Crippen LogP contribution is -2.07. The molecule has 1 aromatic carbocycles. The zero-order valence-electron chi connectivity index (χ0n) is 7.56. The van der Waals surface area contributed by atoms with Crippen molar-refractivity contribution in [1.82, 2.24) is 0 Å². The van der Waals surface area contributed by atoms with Crippen molar-refractivity contribution in [2.24, 2.45) is 5.84 Å². The Bertz CT molecular complexity index is 403. The molecular formula is C6H8Cl3N2O4P. The number of hydrazine groups is 1. The van der Waals surface area contributed by atoms with Gasteiger partial charge in [-0.2, -0.15) is 0 Å². The van der Waals surface area contributed by atoms with Gasteiger partial charge in [-0.1, -0.05) is 34.8 Å². The molecule has 1 aromatic rings.